The summed E-state index contributed by atoms with van der Waals surface area (Å²) in [5.74, 6) is 0.790. The van der Waals surface area contributed by atoms with E-state index < -0.39 is 0 Å². The van der Waals surface area contributed by atoms with Crippen LogP contribution in [-0.2, 0) is 0 Å². The molecule has 1 aliphatic heterocycles. The Morgan fingerprint density at radius 1 is 1.29 bits per heavy atom. The monoisotopic (exact) mass is 284 g/mol. The van der Waals surface area contributed by atoms with Gasteiger partial charge in [-0.1, -0.05) is 30.3 Å². The average molecular weight is 284 g/mol. The molecule has 2 aromatic rings. The smallest absolute Gasteiger partial charge is 0.174 e. The first-order valence-corrected chi connectivity index (χ1v) is 6.77. The van der Waals surface area contributed by atoms with Gasteiger partial charge in [-0.15, -0.1) is 0 Å². The third kappa shape index (κ3) is 2.23. The van der Waals surface area contributed by atoms with Crippen LogP contribution in [-0.4, -0.2) is 18.0 Å². The van der Waals surface area contributed by atoms with Gasteiger partial charge < -0.3 is 14.6 Å². The van der Waals surface area contributed by atoms with Crippen LogP contribution in [0.2, 0.25) is 0 Å². The number of ether oxygens (including phenoxy) is 2. The normalized spacial score (nSPS) is 17.0. The molecule has 108 valence electrons. The zero-order valence-corrected chi connectivity index (χ0v) is 11.9. The number of ketones is 1. The first-order valence-electron chi connectivity index (χ1n) is 6.77. The maximum Gasteiger partial charge on any atom is 0.174 e. The summed E-state index contributed by atoms with van der Waals surface area (Å²) < 4.78 is 11.2. The van der Waals surface area contributed by atoms with Crippen LogP contribution in [0.4, 0.5) is 0 Å². The summed E-state index contributed by atoms with van der Waals surface area (Å²) in [5.41, 5.74) is 1.90. The molecule has 4 nitrogen and oxygen atoms in total. The number of hydrogen-bond donors (Lipinski definition) is 1. The van der Waals surface area contributed by atoms with E-state index in [0.717, 1.165) is 5.56 Å². The average Bonchev–Trinajstić information content (AvgIpc) is 2.50. The minimum absolute atomic E-state index is 0.0370. The van der Waals surface area contributed by atoms with Crippen LogP contribution in [0.15, 0.2) is 36.4 Å². The summed E-state index contributed by atoms with van der Waals surface area (Å²) in [5, 5.41) is 9.96. The van der Waals surface area contributed by atoms with E-state index in [-0.39, 0.29) is 24.1 Å². The Bertz CT molecular complexity index is 692. The highest BCUT2D eigenvalue weighted by molar-refractivity contribution is 6.03. The maximum atomic E-state index is 12.5. The Morgan fingerprint density at radius 2 is 2.00 bits per heavy atom. The van der Waals surface area contributed by atoms with E-state index in [1.807, 2.05) is 30.3 Å². The summed E-state index contributed by atoms with van der Waals surface area (Å²) in [6, 6.07) is 11.1. The van der Waals surface area contributed by atoms with E-state index in [1.165, 1.54) is 13.2 Å². The van der Waals surface area contributed by atoms with Crippen molar-refractivity contribution in [2.45, 2.75) is 19.4 Å². The van der Waals surface area contributed by atoms with Crippen molar-refractivity contribution in [1.29, 1.82) is 0 Å². The number of carbonyl (C=O) groups is 1. The Labute approximate surface area is 122 Å². The lowest BCUT2D eigenvalue weighted by Gasteiger charge is -2.27. The fourth-order valence-corrected chi connectivity index (χ4v) is 2.65. The van der Waals surface area contributed by atoms with Crippen molar-refractivity contribution >= 4 is 5.78 Å². The lowest BCUT2D eigenvalue weighted by Crippen LogP contribution is -2.21. The predicted octanol–water partition coefficient (Wildman–Crippen LogP) is 3.42. The molecule has 1 N–H and O–H groups in total. The highest BCUT2D eigenvalue weighted by atomic mass is 16.5. The van der Waals surface area contributed by atoms with Gasteiger partial charge in [0.25, 0.3) is 0 Å². The van der Waals surface area contributed by atoms with Crippen molar-refractivity contribution in [1.82, 2.24) is 0 Å². The second-order valence-corrected chi connectivity index (χ2v) is 5.07. The lowest BCUT2D eigenvalue weighted by molar-refractivity contribution is 0.0844. The molecule has 0 saturated carbocycles. The van der Waals surface area contributed by atoms with Gasteiger partial charge in [-0.25, -0.2) is 0 Å². The number of methoxy groups -OCH3 is 1. The van der Waals surface area contributed by atoms with Gasteiger partial charge in [0.05, 0.1) is 13.5 Å². The molecule has 0 fully saturated rings. The molecule has 0 bridgehead atoms. The van der Waals surface area contributed by atoms with Gasteiger partial charge in [0.1, 0.15) is 28.9 Å². The van der Waals surface area contributed by atoms with Crippen LogP contribution >= 0.6 is 0 Å². The molecule has 1 atom stereocenters. The minimum Gasteiger partial charge on any atom is -0.507 e. The topological polar surface area (TPSA) is 55.8 Å². The van der Waals surface area contributed by atoms with Crippen molar-refractivity contribution in [2.75, 3.05) is 7.11 Å². The Hall–Kier alpha value is -2.49. The van der Waals surface area contributed by atoms with Crippen molar-refractivity contribution in [3.05, 3.63) is 53.1 Å². The van der Waals surface area contributed by atoms with E-state index in [4.69, 9.17) is 9.47 Å². The molecule has 4 heteroatoms. The summed E-state index contributed by atoms with van der Waals surface area (Å²) in [6.07, 6.45) is -0.0737. The van der Waals surface area contributed by atoms with Crippen molar-refractivity contribution in [3.8, 4) is 17.2 Å². The zero-order chi connectivity index (χ0) is 15.0. The summed E-state index contributed by atoms with van der Waals surface area (Å²) in [4.78, 5) is 12.5. The van der Waals surface area contributed by atoms with E-state index in [2.05, 4.69) is 0 Å². The van der Waals surface area contributed by atoms with Crippen LogP contribution < -0.4 is 9.47 Å². The van der Waals surface area contributed by atoms with Gasteiger partial charge in [-0.3, -0.25) is 4.79 Å². The molecule has 0 saturated heterocycles. The largest absolute Gasteiger partial charge is 0.507 e. The third-order valence-electron chi connectivity index (χ3n) is 3.76. The number of aromatic hydroxyl groups is 1. The quantitative estimate of drug-likeness (QED) is 0.918. The van der Waals surface area contributed by atoms with E-state index in [9.17, 15) is 9.90 Å². The zero-order valence-electron chi connectivity index (χ0n) is 11.9. The number of phenolic OH excluding ortho intramolecular Hbond substituents is 1. The van der Waals surface area contributed by atoms with E-state index in [0.29, 0.717) is 22.6 Å². The van der Waals surface area contributed by atoms with Gasteiger partial charge in [0, 0.05) is 11.6 Å². The summed E-state index contributed by atoms with van der Waals surface area (Å²) in [7, 11) is 1.48. The number of fused-ring (bicyclic) bond motifs is 1. The van der Waals surface area contributed by atoms with Gasteiger partial charge in [-0.05, 0) is 12.5 Å². The van der Waals surface area contributed by atoms with E-state index in [1.54, 1.807) is 6.92 Å². The molecular formula is C17H16O4. The van der Waals surface area contributed by atoms with Crippen LogP contribution in [0.1, 0.15) is 34.0 Å². The fraction of sp³-hybridized carbons (Fsp3) is 0.235. The number of phenols is 1. The highest BCUT2D eigenvalue weighted by Crippen LogP contribution is 2.44. The lowest BCUT2D eigenvalue weighted by atomic mass is 9.94. The molecule has 0 amide bonds. The van der Waals surface area contributed by atoms with Crippen LogP contribution in [0, 0.1) is 6.92 Å². The Balaban J connectivity index is 2.07. The van der Waals surface area contributed by atoms with Crippen molar-refractivity contribution < 1.29 is 19.4 Å². The second-order valence-electron chi connectivity index (χ2n) is 5.07. The maximum absolute atomic E-state index is 12.5. The number of carbonyl (C=O) groups excluding carboxylic acids is 1. The molecule has 0 aromatic heterocycles. The number of rotatable bonds is 2. The molecule has 21 heavy (non-hydrogen) atoms. The van der Waals surface area contributed by atoms with Crippen LogP contribution in [0.3, 0.4) is 0 Å². The molecule has 2 aromatic carbocycles. The van der Waals surface area contributed by atoms with Crippen LogP contribution in [0.25, 0.3) is 0 Å². The molecular weight excluding hydrogens is 268 g/mol. The molecule has 0 aliphatic carbocycles. The van der Waals surface area contributed by atoms with Gasteiger partial charge in [0.15, 0.2) is 5.78 Å². The molecule has 1 unspecified atom stereocenters. The molecule has 1 aliphatic rings. The Kier molecular flexibility index (Phi) is 3.29. The van der Waals surface area contributed by atoms with Gasteiger partial charge in [0.2, 0.25) is 0 Å². The predicted molar refractivity (Wildman–Crippen MR) is 78.2 cm³/mol. The van der Waals surface area contributed by atoms with Gasteiger partial charge >= 0.3 is 0 Å². The fourth-order valence-electron chi connectivity index (χ4n) is 2.65. The van der Waals surface area contributed by atoms with Crippen molar-refractivity contribution in [3.63, 3.8) is 0 Å². The van der Waals surface area contributed by atoms with Crippen molar-refractivity contribution in [2.24, 2.45) is 0 Å². The molecule has 0 radical (unpaired) electrons. The summed E-state index contributed by atoms with van der Waals surface area (Å²) >= 11 is 0. The second kappa shape index (κ2) is 5.13. The van der Waals surface area contributed by atoms with E-state index >= 15 is 0 Å². The summed E-state index contributed by atoms with van der Waals surface area (Å²) in [6.45, 7) is 1.71. The first-order chi connectivity index (χ1) is 10.1. The third-order valence-corrected chi connectivity index (χ3v) is 3.76. The highest BCUT2D eigenvalue weighted by Gasteiger charge is 2.32. The molecule has 0 spiro atoms. The van der Waals surface area contributed by atoms with Gasteiger partial charge in [-0.2, -0.15) is 0 Å². The minimum atomic E-state index is -0.335. The standard InChI is InChI=1S/C17H16O4/c1-10-12(18)8-15-16(17(10)20-2)13(19)9-14(21-15)11-6-4-3-5-7-11/h3-8,14,18H,9H2,1-2H3. The number of benzene rings is 2. The number of Topliss-reactive ketones (excluding diaryl/α,β-unsaturated/α-hetero) is 1. The number of hydrogen-bond acceptors (Lipinski definition) is 4. The Morgan fingerprint density at radius 3 is 2.67 bits per heavy atom. The first kappa shape index (κ1) is 13.5. The molecule has 1 heterocycles. The van der Waals surface area contributed by atoms with Crippen LogP contribution in [0.5, 0.6) is 17.2 Å². The SMILES string of the molecule is COc1c(C)c(O)cc2c1C(=O)CC(c1ccccc1)O2. The molecule has 3 rings (SSSR count).